The van der Waals surface area contributed by atoms with Crippen LogP contribution in [-0.2, 0) is 4.79 Å². The second-order valence-corrected chi connectivity index (χ2v) is 3.12. The van der Waals surface area contributed by atoms with Crippen LogP contribution in [0.15, 0.2) is 48.1 Å². The minimum absolute atomic E-state index is 0.419. The molecule has 0 aromatic heterocycles. The maximum absolute atomic E-state index is 10.2. The Bertz CT molecular complexity index is 333. The zero-order valence-corrected chi connectivity index (χ0v) is 11.3. The van der Waals surface area contributed by atoms with E-state index in [1.54, 1.807) is 18.2 Å². The highest BCUT2D eigenvalue weighted by Gasteiger charge is 1.94. The van der Waals surface area contributed by atoms with Gasteiger partial charge in [-0.15, -0.1) is 0 Å². The van der Waals surface area contributed by atoms with Crippen molar-refractivity contribution in [3.05, 3.63) is 48.1 Å². The number of hydrogen-bond acceptors (Lipinski definition) is 2. The molecule has 0 aromatic rings. The summed E-state index contributed by atoms with van der Waals surface area (Å²) in [6.45, 7) is 11.4. The lowest BCUT2D eigenvalue weighted by molar-refractivity contribution is -0.107. The number of hydrogen-bond donors (Lipinski definition) is 1. The average molecular weight is 233 g/mol. The third kappa shape index (κ3) is 9.24. The molecule has 0 amide bonds. The van der Waals surface area contributed by atoms with Crippen molar-refractivity contribution < 1.29 is 4.79 Å². The van der Waals surface area contributed by atoms with Gasteiger partial charge in [0.2, 0.25) is 0 Å². The van der Waals surface area contributed by atoms with Crippen molar-refractivity contribution in [2.24, 2.45) is 0 Å². The lowest BCUT2D eigenvalue weighted by atomic mass is 10.1. The lowest BCUT2D eigenvalue weighted by Crippen LogP contribution is -1.93. The summed E-state index contributed by atoms with van der Waals surface area (Å²) in [6.07, 6.45) is 10.1. The zero-order valence-electron chi connectivity index (χ0n) is 11.3. The second kappa shape index (κ2) is 12.4. The smallest absolute Gasteiger partial charge is 0.124 e. The highest BCUT2D eigenvalue weighted by Crippen LogP contribution is 2.04. The summed E-state index contributed by atoms with van der Waals surface area (Å²) in [7, 11) is 0. The van der Waals surface area contributed by atoms with Gasteiger partial charge in [0.25, 0.3) is 0 Å². The summed E-state index contributed by atoms with van der Waals surface area (Å²) in [5.41, 5.74) is 2.14. The molecule has 0 bridgehead atoms. The molecule has 0 fully saturated rings. The van der Waals surface area contributed by atoms with E-state index >= 15 is 0 Å². The molecule has 1 N–H and O–H groups in total. The van der Waals surface area contributed by atoms with Crippen LogP contribution in [0.2, 0.25) is 0 Å². The summed E-state index contributed by atoms with van der Waals surface area (Å²) >= 11 is 0. The summed E-state index contributed by atoms with van der Waals surface area (Å²) < 4.78 is 0. The molecular weight excluding hydrogens is 210 g/mol. The standard InChI is InChI=1S/C13H17NO.C2H6/c1-4-6-13(14)12(5-2)8-7-11(3)9-10-15;1-2/h4-8,10,14H,2,9H2,1,3H3;1-2H3/b6-4-,11-7+,12-8+,14-13?;. The van der Waals surface area contributed by atoms with E-state index < -0.39 is 0 Å². The number of aldehydes is 1. The average Bonchev–Trinajstić information content (AvgIpc) is 2.33. The molecule has 0 aliphatic heterocycles. The Labute approximate surface area is 105 Å². The van der Waals surface area contributed by atoms with E-state index in [0.29, 0.717) is 12.1 Å². The lowest BCUT2D eigenvalue weighted by Gasteiger charge is -1.97. The molecule has 0 saturated carbocycles. The van der Waals surface area contributed by atoms with Gasteiger partial charge in [-0.2, -0.15) is 0 Å². The van der Waals surface area contributed by atoms with E-state index in [2.05, 4.69) is 6.58 Å². The largest absolute Gasteiger partial charge is 0.303 e. The van der Waals surface area contributed by atoms with Gasteiger partial charge in [0, 0.05) is 6.42 Å². The maximum Gasteiger partial charge on any atom is 0.124 e. The highest BCUT2D eigenvalue weighted by molar-refractivity contribution is 6.08. The molecule has 17 heavy (non-hydrogen) atoms. The first-order valence-electron chi connectivity index (χ1n) is 5.80. The monoisotopic (exact) mass is 233 g/mol. The number of rotatable bonds is 6. The first kappa shape index (κ1) is 17.7. The quantitative estimate of drug-likeness (QED) is 0.416. The molecule has 2 heteroatoms. The van der Waals surface area contributed by atoms with Gasteiger partial charge in [-0.05, 0) is 25.5 Å². The molecule has 0 heterocycles. The Morgan fingerprint density at radius 1 is 1.29 bits per heavy atom. The third-order valence-corrected chi connectivity index (χ3v) is 1.82. The Kier molecular flexibility index (Phi) is 12.9. The van der Waals surface area contributed by atoms with Gasteiger partial charge in [-0.1, -0.05) is 50.3 Å². The van der Waals surface area contributed by atoms with Crippen molar-refractivity contribution in [2.75, 3.05) is 0 Å². The van der Waals surface area contributed by atoms with Crippen LogP contribution in [0.3, 0.4) is 0 Å². The van der Waals surface area contributed by atoms with Crippen LogP contribution in [0, 0.1) is 5.41 Å². The van der Waals surface area contributed by atoms with Crippen LogP contribution in [0.1, 0.15) is 34.1 Å². The molecule has 0 spiro atoms. The summed E-state index contributed by atoms with van der Waals surface area (Å²) in [4.78, 5) is 10.2. The Hall–Kier alpha value is -1.70. The van der Waals surface area contributed by atoms with Crippen molar-refractivity contribution in [3.63, 3.8) is 0 Å². The van der Waals surface area contributed by atoms with E-state index in [4.69, 9.17) is 5.41 Å². The van der Waals surface area contributed by atoms with Crippen molar-refractivity contribution in [3.8, 4) is 0 Å². The number of carbonyl (C=O) groups excluding carboxylic acids is 1. The van der Waals surface area contributed by atoms with Gasteiger partial charge in [-0.3, -0.25) is 0 Å². The van der Waals surface area contributed by atoms with E-state index in [-0.39, 0.29) is 0 Å². The van der Waals surface area contributed by atoms with Crippen molar-refractivity contribution in [1.29, 1.82) is 5.41 Å². The van der Waals surface area contributed by atoms with Crippen LogP contribution < -0.4 is 0 Å². The third-order valence-electron chi connectivity index (χ3n) is 1.82. The molecule has 2 nitrogen and oxygen atoms in total. The van der Waals surface area contributed by atoms with Crippen LogP contribution in [0.4, 0.5) is 0 Å². The van der Waals surface area contributed by atoms with Crippen LogP contribution >= 0.6 is 0 Å². The van der Waals surface area contributed by atoms with Gasteiger partial charge < -0.3 is 10.2 Å². The molecule has 0 atom stereocenters. The van der Waals surface area contributed by atoms with Gasteiger partial charge in [-0.25, -0.2) is 0 Å². The predicted molar refractivity (Wildman–Crippen MR) is 76.6 cm³/mol. The fourth-order valence-electron chi connectivity index (χ4n) is 0.962. The fraction of sp³-hybridized carbons (Fsp3) is 0.333. The van der Waals surface area contributed by atoms with Gasteiger partial charge in [0.05, 0.1) is 5.71 Å². The van der Waals surface area contributed by atoms with Gasteiger partial charge in [0.1, 0.15) is 6.29 Å². The summed E-state index contributed by atoms with van der Waals surface area (Å²) in [5, 5.41) is 7.67. The zero-order chi connectivity index (χ0) is 13.7. The van der Waals surface area contributed by atoms with Crippen molar-refractivity contribution in [2.45, 2.75) is 34.1 Å². The molecule has 0 saturated heterocycles. The Balaban J connectivity index is 0. The Morgan fingerprint density at radius 2 is 1.88 bits per heavy atom. The molecule has 0 aliphatic carbocycles. The number of allylic oxidation sites excluding steroid dienone is 7. The minimum atomic E-state index is 0.419. The number of nitrogens with one attached hydrogen (secondary N) is 1. The fourth-order valence-corrected chi connectivity index (χ4v) is 0.962. The molecule has 0 aromatic carbocycles. The van der Waals surface area contributed by atoms with E-state index in [1.807, 2.05) is 39.8 Å². The van der Waals surface area contributed by atoms with Crippen molar-refractivity contribution >= 4 is 12.0 Å². The summed E-state index contributed by atoms with van der Waals surface area (Å²) in [5.74, 6) is 0. The molecule has 0 rings (SSSR count). The van der Waals surface area contributed by atoms with Gasteiger partial charge in [0.15, 0.2) is 0 Å². The topological polar surface area (TPSA) is 40.9 Å². The molecule has 0 unspecified atom stereocenters. The maximum atomic E-state index is 10.2. The minimum Gasteiger partial charge on any atom is -0.303 e. The second-order valence-electron chi connectivity index (χ2n) is 3.12. The SMILES string of the molecule is C=C/C(=C\C=C(/C)CC=O)C(=N)/C=C\C.CC. The normalized spacial score (nSPS) is 11.8. The highest BCUT2D eigenvalue weighted by atomic mass is 16.1. The molecule has 0 aliphatic rings. The molecular formula is C15H23NO. The van der Waals surface area contributed by atoms with E-state index in [9.17, 15) is 4.79 Å². The van der Waals surface area contributed by atoms with Crippen LogP contribution in [0.25, 0.3) is 0 Å². The van der Waals surface area contributed by atoms with Crippen molar-refractivity contribution in [1.82, 2.24) is 0 Å². The first-order chi connectivity index (χ1) is 8.15. The summed E-state index contributed by atoms with van der Waals surface area (Å²) in [6, 6.07) is 0. The predicted octanol–water partition coefficient (Wildman–Crippen LogP) is 4.26. The number of carbonyl (C=O) groups is 1. The first-order valence-corrected chi connectivity index (χ1v) is 5.80. The molecule has 0 radical (unpaired) electrons. The van der Waals surface area contributed by atoms with Gasteiger partial charge >= 0.3 is 0 Å². The van der Waals surface area contributed by atoms with Crippen LogP contribution in [0.5, 0.6) is 0 Å². The van der Waals surface area contributed by atoms with E-state index in [1.165, 1.54) is 0 Å². The molecule has 94 valence electrons. The van der Waals surface area contributed by atoms with Crippen LogP contribution in [-0.4, -0.2) is 12.0 Å². The van der Waals surface area contributed by atoms with E-state index in [0.717, 1.165) is 17.4 Å². The Morgan fingerprint density at radius 3 is 2.29 bits per heavy atom.